The Bertz CT molecular complexity index is 1330. The van der Waals surface area contributed by atoms with E-state index in [0.717, 1.165) is 46.5 Å². The highest BCUT2D eigenvalue weighted by Gasteiger charge is 2.27. The fourth-order valence-electron chi connectivity index (χ4n) is 4.18. The average molecular weight is 415 g/mol. The fraction of sp³-hybridized carbons (Fsp3) is 0.217. The second-order valence-corrected chi connectivity index (χ2v) is 7.98. The van der Waals surface area contributed by atoms with Crippen LogP contribution in [-0.2, 0) is 19.6 Å². The third-order valence-electron chi connectivity index (χ3n) is 5.67. The third-order valence-corrected chi connectivity index (χ3v) is 6.06. The summed E-state index contributed by atoms with van der Waals surface area (Å²) >= 11 is 6.07. The fourth-order valence-corrected chi connectivity index (χ4v) is 4.28. The SMILES string of the molecule is Cc1cc(Cn2nc(C)c3c2CN(c2ccc(C#N)c4ncccc24)C3)cnc1Cl. The Labute approximate surface area is 179 Å². The topological polar surface area (TPSA) is 70.6 Å². The van der Waals surface area contributed by atoms with Gasteiger partial charge in [0.1, 0.15) is 11.2 Å². The molecule has 3 aromatic heterocycles. The van der Waals surface area contributed by atoms with Crippen LogP contribution in [0.3, 0.4) is 0 Å². The second kappa shape index (κ2) is 7.12. The summed E-state index contributed by atoms with van der Waals surface area (Å²) in [7, 11) is 0. The minimum absolute atomic E-state index is 0.535. The van der Waals surface area contributed by atoms with Crippen molar-refractivity contribution in [2.24, 2.45) is 0 Å². The van der Waals surface area contributed by atoms with E-state index >= 15 is 0 Å². The molecule has 0 bridgehead atoms. The van der Waals surface area contributed by atoms with E-state index in [2.05, 4.69) is 38.6 Å². The molecule has 148 valence electrons. The van der Waals surface area contributed by atoms with Crippen molar-refractivity contribution in [1.82, 2.24) is 19.7 Å². The Balaban J connectivity index is 1.50. The number of fused-ring (bicyclic) bond motifs is 2. The van der Waals surface area contributed by atoms with Gasteiger partial charge in [-0.1, -0.05) is 11.6 Å². The first-order valence-electron chi connectivity index (χ1n) is 9.74. The highest BCUT2D eigenvalue weighted by atomic mass is 35.5. The Morgan fingerprint density at radius 1 is 1.17 bits per heavy atom. The van der Waals surface area contributed by atoms with Crippen molar-refractivity contribution < 1.29 is 0 Å². The van der Waals surface area contributed by atoms with Crippen LogP contribution in [0.2, 0.25) is 5.15 Å². The minimum atomic E-state index is 0.535. The van der Waals surface area contributed by atoms with Crippen molar-refractivity contribution in [2.75, 3.05) is 4.90 Å². The van der Waals surface area contributed by atoms with Gasteiger partial charge >= 0.3 is 0 Å². The van der Waals surface area contributed by atoms with E-state index in [0.29, 0.717) is 17.3 Å². The molecule has 0 fully saturated rings. The van der Waals surface area contributed by atoms with Crippen LogP contribution in [0, 0.1) is 25.2 Å². The van der Waals surface area contributed by atoms with Crippen molar-refractivity contribution in [2.45, 2.75) is 33.5 Å². The molecule has 4 aromatic rings. The van der Waals surface area contributed by atoms with Crippen LogP contribution in [0.15, 0.2) is 42.7 Å². The molecule has 6 nitrogen and oxygen atoms in total. The summed E-state index contributed by atoms with van der Waals surface area (Å²) in [4.78, 5) is 11.0. The number of benzene rings is 1. The van der Waals surface area contributed by atoms with Crippen molar-refractivity contribution in [3.8, 4) is 6.07 Å². The van der Waals surface area contributed by atoms with Gasteiger partial charge < -0.3 is 4.90 Å². The molecule has 0 saturated carbocycles. The number of aryl methyl sites for hydroxylation is 2. The molecule has 5 rings (SSSR count). The van der Waals surface area contributed by atoms with E-state index in [9.17, 15) is 5.26 Å². The van der Waals surface area contributed by atoms with Crippen molar-refractivity contribution in [1.29, 1.82) is 5.26 Å². The van der Waals surface area contributed by atoms with Gasteiger partial charge in [-0.2, -0.15) is 10.4 Å². The Kier molecular flexibility index (Phi) is 4.41. The Morgan fingerprint density at radius 2 is 2.03 bits per heavy atom. The lowest BCUT2D eigenvalue weighted by molar-refractivity contribution is 0.635. The van der Waals surface area contributed by atoms with Crippen molar-refractivity contribution >= 4 is 28.2 Å². The predicted octanol–water partition coefficient (Wildman–Crippen LogP) is 4.54. The number of pyridine rings is 2. The number of hydrogen-bond acceptors (Lipinski definition) is 5. The maximum atomic E-state index is 9.42. The van der Waals surface area contributed by atoms with E-state index < -0.39 is 0 Å². The maximum absolute atomic E-state index is 9.42. The molecule has 0 saturated heterocycles. The van der Waals surface area contributed by atoms with Gasteiger partial charge in [-0.05, 0) is 55.3 Å². The molecule has 1 aliphatic rings. The minimum Gasteiger partial charge on any atom is -0.361 e. The van der Waals surface area contributed by atoms with Crippen LogP contribution in [-0.4, -0.2) is 19.7 Å². The highest BCUT2D eigenvalue weighted by Crippen LogP contribution is 2.35. The van der Waals surface area contributed by atoms with Gasteiger partial charge in [-0.25, -0.2) is 4.98 Å². The summed E-state index contributed by atoms with van der Waals surface area (Å²) in [6.07, 6.45) is 3.54. The van der Waals surface area contributed by atoms with Crippen LogP contribution >= 0.6 is 11.6 Å². The molecule has 0 aliphatic carbocycles. The predicted molar refractivity (Wildman–Crippen MR) is 116 cm³/mol. The average Bonchev–Trinajstić information content (AvgIpc) is 3.31. The van der Waals surface area contributed by atoms with Crippen LogP contribution in [0.25, 0.3) is 10.9 Å². The van der Waals surface area contributed by atoms with Gasteiger partial charge in [-0.15, -0.1) is 0 Å². The van der Waals surface area contributed by atoms with Crippen LogP contribution in [0.5, 0.6) is 0 Å². The number of anilines is 1. The molecule has 0 N–H and O–H groups in total. The normalized spacial score (nSPS) is 12.9. The number of hydrogen-bond donors (Lipinski definition) is 0. The first-order chi connectivity index (χ1) is 14.5. The first-order valence-corrected chi connectivity index (χ1v) is 10.1. The Hall–Kier alpha value is -3.43. The zero-order valence-corrected chi connectivity index (χ0v) is 17.5. The monoisotopic (exact) mass is 414 g/mol. The summed E-state index contributed by atoms with van der Waals surface area (Å²) in [5, 5.41) is 15.7. The standard InChI is InChI=1S/C23H19ClN6/c1-14-8-16(10-27-23(14)24)11-30-21-13-29(12-19(21)15(2)28-30)20-6-5-17(9-25)22-18(20)4-3-7-26-22/h3-8,10H,11-13H2,1-2H3. The number of aromatic nitrogens is 4. The number of nitrogens with zero attached hydrogens (tertiary/aromatic N) is 6. The van der Waals surface area contributed by atoms with Crippen LogP contribution in [0.4, 0.5) is 5.69 Å². The summed E-state index contributed by atoms with van der Waals surface area (Å²) in [6, 6.07) is 12.1. The molecule has 0 spiro atoms. The largest absolute Gasteiger partial charge is 0.361 e. The Morgan fingerprint density at radius 3 is 2.83 bits per heavy atom. The summed E-state index contributed by atoms with van der Waals surface area (Å²) in [6.45, 7) is 6.22. The second-order valence-electron chi connectivity index (χ2n) is 7.62. The first kappa shape index (κ1) is 18.6. The zero-order chi connectivity index (χ0) is 20.8. The summed E-state index contributed by atoms with van der Waals surface area (Å²) in [5.41, 5.74) is 7.98. The number of nitriles is 1. The lowest BCUT2D eigenvalue weighted by atomic mass is 10.1. The smallest absolute Gasteiger partial charge is 0.131 e. The van der Waals surface area contributed by atoms with Crippen molar-refractivity contribution in [3.63, 3.8) is 0 Å². The number of halogens is 1. The quantitative estimate of drug-likeness (QED) is 0.460. The van der Waals surface area contributed by atoms with Crippen LogP contribution < -0.4 is 4.90 Å². The van der Waals surface area contributed by atoms with Gasteiger partial charge in [0.05, 0.1) is 35.6 Å². The molecule has 30 heavy (non-hydrogen) atoms. The molecule has 4 heterocycles. The van der Waals surface area contributed by atoms with Gasteiger partial charge in [0.2, 0.25) is 0 Å². The number of rotatable bonds is 3. The molecule has 1 aliphatic heterocycles. The van der Waals surface area contributed by atoms with E-state index in [1.54, 1.807) is 6.20 Å². The zero-order valence-electron chi connectivity index (χ0n) is 16.7. The third kappa shape index (κ3) is 2.99. The van der Waals surface area contributed by atoms with Gasteiger partial charge in [0, 0.05) is 35.6 Å². The van der Waals surface area contributed by atoms with E-state index in [1.807, 2.05) is 37.4 Å². The lowest BCUT2D eigenvalue weighted by Crippen LogP contribution is -2.18. The summed E-state index contributed by atoms with van der Waals surface area (Å²) < 4.78 is 2.07. The molecular weight excluding hydrogens is 396 g/mol. The van der Waals surface area contributed by atoms with Gasteiger partial charge in [0.15, 0.2) is 0 Å². The van der Waals surface area contributed by atoms with Crippen LogP contribution in [0.1, 0.15) is 33.6 Å². The molecule has 0 unspecified atom stereocenters. The van der Waals surface area contributed by atoms with E-state index in [1.165, 1.54) is 11.3 Å². The summed E-state index contributed by atoms with van der Waals surface area (Å²) in [5.74, 6) is 0. The molecular formula is C23H19ClN6. The molecule has 0 radical (unpaired) electrons. The lowest BCUT2D eigenvalue weighted by Gasteiger charge is -2.21. The highest BCUT2D eigenvalue weighted by molar-refractivity contribution is 6.30. The van der Waals surface area contributed by atoms with E-state index in [-0.39, 0.29) is 0 Å². The molecule has 0 atom stereocenters. The molecule has 7 heteroatoms. The maximum Gasteiger partial charge on any atom is 0.131 e. The van der Waals surface area contributed by atoms with Gasteiger partial charge in [0.25, 0.3) is 0 Å². The van der Waals surface area contributed by atoms with Gasteiger partial charge in [-0.3, -0.25) is 9.67 Å². The molecule has 1 aromatic carbocycles. The van der Waals surface area contributed by atoms with E-state index in [4.69, 9.17) is 16.7 Å². The molecule has 0 amide bonds. The van der Waals surface area contributed by atoms with Crippen molar-refractivity contribution in [3.05, 3.63) is 81.5 Å².